The summed E-state index contributed by atoms with van der Waals surface area (Å²) in [5.74, 6) is -1.02. The van der Waals surface area contributed by atoms with Gasteiger partial charge in [0.25, 0.3) is 5.69 Å². The monoisotopic (exact) mass is 373 g/mol. The summed E-state index contributed by atoms with van der Waals surface area (Å²) in [4.78, 5) is 34.2. The number of nitro groups is 1. The lowest BCUT2D eigenvalue weighted by atomic mass is 10.0. The molecule has 2 aromatic rings. The second-order valence-electron chi connectivity index (χ2n) is 5.65. The molecule has 6 nitrogen and oxygen atoms in total. The minimum Gasteiger partial charge on any atom is -0.454 e. The van der Waals surface area contributed by atoms with E-state index in [1.165, 1.54) is 24.3 Å². The Labute approximate surface area is 155 Å². The predicted octanol–water partition coefficient (Wildman–Crippen LogP) is 4.30. The number of ether oxygens (including phenoxy) is 1. The molecule has 7 heteroatoms. The summed E-state index contributed by atoms with van der Waals surface area (Å²) in [5.41, 5.74) is 2.41. The van der Waals surface area contributed by atoms with Gasteiger partial charge < -0.3 is 4.74 Å². The molecular weight excluding hydrogens is 358 g/mol. The summed E-state index contributed by atoms with van der Waals surface area (Å²) in [6.07, 6.45) is 2.46. The van der Waals surface area contributed by atoms with E-state index in [1.807, 2.05) is 26.0 Å². The number of benzene rings is 2. The van der Waals surface area contributed by atoms with Crippen molar-refractivity contribution < 1.29 is 19.2 Å². The van der Waals surface area contributed by atoms with Crippen LogP contribution in [0.4, 0.5) is 5.69 Å². The molecule has 2 rings (SSSR count). The molecule has 0 N–H and O–H groups in total. The van der Waals surface area contributed by atoms with Crippen LogP contribution in [0.3, 0.4) is 0 Å². The van der Waals surface area contributed by atoms with Gasteiger partial charge in [-0.25, -0.2) is 4.79 Å². The third-order valence-corrected chi connectivity index (χ3v) is 3.94. The number of ketones is 1. The number of Topliss-reactive ketones (excluding diaryl/α,β-unsaturated/α-hetero) is 1. The van der Waals surface area contributed by atoms with Crippen LogP contribution in [0.15, 0.2) is 42.5 Å². The fourth-order valence-electron chi connectivity index (χ4n) is 2.24. The van der Waals surface area contributed by atoms with Gasteiger partial charge in [0.2, 0.25) is 5.78 Å². The Kier molecular flexibility index (Phi) is 6.25. The minimum atomic E-state index is -0.721. The molecule has 0 fully saturated rings. The number of carbonyl (C=O) groups is 2. The molecule has 0 aliphatic rings. The van der Waals surface area contributed by atoms with Crippen LogP contribution < -0.4 is 0 Å². The molecule has 0 amide bonds. The summed E-state index contributed by atoms with van der Waals surface area (Å²) in [7, 11) is 0. The van der Waals surface area contributed by atoms with Gasteiger partial charge in [-0.2, -0.15) is 0 Å². The van der Waals surface area contributed by atoms with Gasteiger partial charge in [-0.05, 0) is 43.2 Å². The number of esters is 1. The smallest absolute Gasteiger partial charge is 0.331 e. The van der Waals surface area contributed by atoms with Crippen molar-refractivity contribution in [3.63, 3.8) is 0 Å². The van der Waals surface area contributed by atoms with Gasteiger partial charge in [0.1, 0.15) is 5.02 Å². The maximum atomic E-state index is 12.2. The van der Waals surface area contributed by atoms with Crippen LogP contribution >= 0.6 is 11.6 Å². The largest absolute Gasteiger partial charge is 0.454 e. The van der Waals surface area contributed by atoms with Crippen LogP contribution in [0.5, 0.6) is 0 Å². The molecule has 0 aliphatic carbocycles. The first-order valence-corrected chi connectivity index (χ1v) is 8.05. The topological polar surface area (TPSA) is 86.5 Å². The molecule has 0 saturated heterocycles. The molecule has 0 aromatic heterocycles. The molecule has 0 aliphatic heterocycles. The Bertz CT molecular complexity index is 905. The maximum Gasteiger partial charge on any atom is 0.331 e. The third kappa shape index (κ3) is 5.00. The zero-order valence-electron chi connectivity index (χ0n) is 14.2. The van der Waals surface area contributed by atoms with Gasteiger partial charge >= 0.3 is 5.97 Å². The van der Waals surface area contributed by atoms with Crippen molar-refractivity contribution >= 4 is 35.1 Å². The molecule has 0 atom stereocenters. The average molecular weight is 374 g/mol. The van der Waals surface area contributed by atoms with Crippen molar-refractivity contribution in [3.8, 4) is 0 Å². The van der Waals surface area contributed by atoms with E-state index in [2.05, 4.69) is 0 Å². The first-order chi connectivity index (χ1) is 12.3. The Hall–Kier alpha value is -2.99. The van der Waals surface area contributed by atoms with Gasteiger partial charge in [0, 0.05) is 17.7 Å². The van der Waals surface area contributed by atoms with Crippen molar-refractivity contribution in [2.24, 2.45) is 0 Å². The van der Waals surface area contributed by atoms with Crippen LogP contribution in [0.25, 0.3) is 6.08 Å². The fraction of sp³-hybridized carbons (Fsp3) is 0.158. The molecule has 0 radical (unpaired) electrons. The first kappa shape index (κ1) is 19.3. The lowest BCUT2D eigenvalue weighted by Crippen LogP contribution is -2.13. The number of hydrogen-bond acceptors (Lipinski definition) is 5. The van der Waals surface area contributed by atoms with Crippen molar-refractivity contribution in [2.75, 3.05) is 6.61 Å². The van der Waals surface area contributed by atoms with Crippen molar-refractivity contribution in [2.45, 2.75) is 13.8 Å². The highest BCUT2D eigenvalue weighted by Gasteiger charge is 2.13. The molecule has 0 spiro atoms. The SMILES string of the molecule is Cc1ccc(C)c(C(=O)COC(=O)C=Cc2ccc(Cl)c([N+](=O)[O-])c2)c1. The standard InChI is InChI=1S/C19H16ClNO5/c1-12-3-4-13(2)15(9-12)18(22)11-26-19(23)8-6-14-5-7-16(20)17(10-14)21(24)25/h3-10H,11H2,1-2H3. The van der Waals surface area contributed by atoms with Crippen LogP contribution in [0, 0.1) is 24.0 Å². The number of nitro benzene ring substituents is 1. The lowest BCUT2D eigenvalue weighted by molar-refractivity contribution is -0.384. The second kappa shape index (κ2) is 8.40. The average Bonchev–Trinajstić information content (AvgIpc) is 2.60. The Balaban J connectivity index is 1.99. The zero-order chi connectivity index (χ0) is 19.3. The van der Waals surface area contributed by atoms with Crippen molar-refractivity contribution in [1.82, 2.24) is 0 Å². The van der Waals surface area contributed by atoms with Gasteiger partial charge in [-0.15, -0.1) is 0 Å². The zero-order valence-corrected chi connectivity index (χ0v) is 14.9. The number of carbonyl (C=O) groups excluding carboxylic acids is 2. The van der Waals surface area contributed by atoms with Crippen LogP contribution in [0.1, 0.15) is 27.0 Å². The van der Waals surface area contributed by atoms with Crippen molar-refractivity contribution in [1.29, 1.82) is 0 Å². The number of halogens is 1. The molecule has 2 aromatic carbocycles. The normalized spacial score (nSPS) is 10.7. The highest BCUT2D eigenvalue weighted by Crippen LogP contribution is 2.25. The van der Waals surface area contributed by atoms with E-state index in [9.17, 15) is 19.7 Å². The quantitative estimate of drug-likeness (QED) is 0.247. The first-order valence-electron chi connectivity index (χ1n) is 7.67. The van der Waals surface area contributed by atoms with Crippen LogP contribution in [-0.4, -0.2) is 23.3 Å². The van der Waals surface area contributed by atoms with E-state index in [1.54, 1.807) is 6.07 Å². The highest BCUT2D eigenvalue weighted by molar-refractivity contribution is 6.32. The van der Waals surface area contributed by atoms with E-state index in [0.717, 1.165) is 17.2 Å². The van der Waals surface area contributed by atoms with Crippen LogP contribution in [0.2, 0.25) is 5.02 Å². The second-order valence-corrected chi connectivity index (χ2v) is 6.06. The number of nitrogens with zero attached hydrogens (tertiary/aromatic N) is 1. The summed E-state index contributed by atoms with van der Waals surface area (Å²) in [5, 5.41) is 10.9. The van der Waals surface area contributed by atoms with E-state index in [4.69, 9.17) is 16.3 Å². The number of hydrogen-bond donors (Lipinski definition) is 0. The fourth-order valence-corrected chi connectivity index (χ4v) is 2.42. The van der Waals surface area contributed by atoms with E-state index in [0.29, 0.717) is 11.1 Å². The predicted molar refractivity (Wildman–Crippen MR) is 98.3 cm³/mol. The van der Waals surface area contributed by atoms with E-state index >= 15 is 0 Å². The molecule has 26 heavy (non-hydrogen) atoms. The van der Waals surface area contributed by atoms with E-state index < -0.39 is 10.9 Å². The Morgan fingerprint density at radius 1 is 1.19 bits per heavy atom. The summed E-state index contributed by atoms with van der Waals surface area (Å²) >= 11 is 5.73. The van der Waals surface area contributed by atoms with Gasteiger partial charge in [-0.1, -0.05) is 35.4 Å². The minimum absolute atomic E-state index is 0.00819. The Morgan fingerprint density at radius 2 is 1.92 bits per heavy atom. The number of aryl methyl sites for hydroxylation is 2. The third-order valence-electron chi connectivity index (χ3n) is 3.62. The molecule has 0 saturated carbocycles. The molecule has 0 unspecified atom stereocenters. The Morgan fingerprint density at radius 3 is 2.62 bits per heavy atom. The van der Waals surface area contributed by atoms with Gasteiger partial charge in [0.05, 0.1) is 4.92 Å². The molecule has 0 bridgehead atoms. The van der Waals surface area contributed by atoms with Gasteiger partial charge in [-0.3, -0.25) is 14.9 Å². The lowest BCUT2D eigenvalue weighted by Gasteiger charge is -2.06. The summed E-state index contributed by atoms with van der Waals surface area (Å²) in [6, 6.07) is 9.61. The molecular formula is C19H16ClNO5. The number of rotatable bonds is 6. The summed E-state index contributed by atoms with van der Waals surface area (Å²) < 4.78 is 4.94. The summed E-state index contributed by atoms with van der Waals surface area (Å²) in [6.45, 7) is 3.30. The molecule has 134 valence electrons. The van der Waals surface area contributed by atoms with Crippen molar-refractivity contribution in [3.05, 3.63) is 79.9 Å². The van der Waals surface area contributed by atoms with Crippen LogP contribution in [-0.2, 0) is 9.53 Å². The van der Waals surface area contributed by atoms with E-state index in [-0.39, 0.29) is 23.1 Å². The maximum absolute atomic E-state index is 12.2. The highest BCUT2D eigenvalue weighted by atomic mass is 35.5. The van der Waals surface area contributed by atoms with Gasteiger partial charge in [0.15, 0.2) is 6.61 Å². The molecule has 0 heterocycles.